The van der Waals surface area contributed by atoms with Gasteiger partial charge in [0.25, 0.3) is 11.5 Å². The molecule has 0 saturated heterocycles. The fourth-order valence-corrected chi connectivity index (χ4v) is 2.75. The number of oxazole rings is 1. The molecule has 1 amide bonds. The van der Waals surface area contributed by atoms with Crippen molar-refractivity contribution in [1.82, 2.24) is 15.2 Å². The molecule has 2 N–H and O–H groups in total. The summed E-state index contributed by atoms with van der Waals surface area (Å²) in [4.78, 5) is 28.9. The number of H-pyrrole nitrogens is 1. The summed E-state index contributed by atoms with van der Waals surface area (Å²) in [7, 11) is 0. The predicted molar refractivity (Wildman–Crippen MR) is 98.4 cm³/mol. The molecule has 2 aromatic carbocycles. The van der Waals surface area contributed by atoms with E-state index in [1.807, 2.05) is 13.8 Å². The highest BCUT2D eigenvalue weighted by molar-refractivity contribution is 6.11. The largest absolute Gasteiger partial charge is 0.440 e. The molecule has 0 aliphatic rings. The summed E-state index contributed by atoms with van der Waals surface area (Å²) in [6.07, 6.45) is 0. The van der Waals surface area contributed by atoms with Crippen LogP contribution in [0.1, 0.15) is 36.1 Å². The van der Waals surface area contributed by atoms with Crippen molar-refractivity contribution in [3.63, 3.8) is 0 Å². The van der Waals surface area contributed by atoms with E-state index in [0.29, 0.717) is 33.5 Å². The number of benzene rings is 2. The van der Waals surface area contributed by atoms with E-state index in [0.717, 1.165) is 0 Å². The quantitative estimate of drug-likeness (QED) is 0.590. The second-order valence-corrected chi connectivity index (χ2v) is 6.29. The molecule has 0 radical (unpaired) electrons. The van der Waals surface area contributed by atoms with E-state index < -0.39 is 5.91 Å². The van der Waals surface area contributed by atoms with E-state index in [9.17, 15) is 9.59 Å². The number of hydrogen-bond donors (Lipinski definition) is 2. The Bertz CT molecular complexity index is 1190. The molecule has 0 aliphatic carbocycles. The van der Waals surface area contributed by atoms with Gasteiger partial charge in [-0.05, 0) is 24.3 Å². The lowest BCUT2D eigenvalue weighted by atomic mass is 10.1. The molecule has 0 fully saturated rings. The van der Waals surface area contributed by atoms with Crippen LogP contribution >= 0.6 is 0 Å². The maximum absolute atomic E-state index is 12.6. The van der Waals surface area contributed by atoms with Gasteiger partial charge in [-0.2, -0.15) is 5.10 Å². The van der Waals surface area contributed by atoms with Crippen molar-refractivity contribution in [2.45, 2.75) is 19.8 Å². The zero-order chi connectivity index (χ0) is 18.3. The van der Waals surface area contributed by atoms with Crippen LogP contribution in [0, 0.1) is 0 Å². The van der Waals surface area contributed by atoms with Crippen molar-refractivity contribution < 1.29 is 9.21 Å². The number of rotatable bonds is 3. The molecule has 0 unspecified atom stereocenters. The Labute approximate surface area is 148 Å². The highest BCUT2D eigenvalue weighted by Gasteiger charge is 2.15. The van der Waals surface area contributed by atoms with Gasteiger partial charge in [0.1, 0.15) is 5.52 Å². The summed E-state index contributed by atoms with van der Waals surface area (Å²) in [5.41, 5.74) is 1.74. The number of hydrogen-bond acceptors (Lipinski definition) is 5. The van der Waals surface area contributed by atoms with Crippen LogP contribution in [-0.2, 0) is 0 Å². The molecule has 0 atom stereocenters. The van der Waals surface area contributed by atoms with Crippen molar-refractivity contribution in [3.8, 4) is 0 Å². The normalized spacial score (nSPS) is 11.3. The number of anilines is 1. The van der Waals surface area contributed by atoms with Crippen molar-refractivity contribution in [2.75, 3.05) is 5.32 Å². The van der Waals surface area contributed by atoms with E-state index in [2.05, 4.69) is 20.5 Å². The van der Waals surface area contributed by atoms with E-state index in [1.54, 1.807) is 42.5 Å². The first-order valence-corrected chi connectivity index (χ1v) is 8.22. The molecule has 0 spiro atoms. The van der Waals surface area contributed by atoms with Gasteiger partial charge in [-0.3, -0.25) is 9.59 Å². The smallest absolute Gasteiger partial charge is 0.276 e. The van der Waals surface area contributed by atoms with Gasteiger partial charge in [-0.25, -0.2) is 10.1 Å². The number of carbonyl (C=O) groups excluding carboxylic acids is 1. The molecule has 26 heavy (non-hydrogen) atoms. The van der Waals surface area contributed by atoms with Gasteiger partial charge in [-0.1, -0.05) is 32.0 Å². The van der Waals surface area contributed by atoms with E-state index in [4.69, 9.17) is 4.42 Å². The van der Waals surface area contributed by atoms with Crippen LogP contribution in [-0.4, -0.2) is 21.1 Å². The molecule has 7 heteroatoms. The number of nitrogens with zero attached hydrogens (tertiary/aromatic N) is 2. The number of amides is 1. The number of fused-ring (bicyclic) bond motifs is 2. The van der Waals surface area contributed by atoms with Crippen LogP contribution in [0.25, 0.3) is 21.9 Å². The minimum Gasteiger partial charge on any atom is -0.440 e. The second-order valence-electron chi connectivity index (χ2n) is 6.29. The molecule has 4 rings (SSSR count). The molecule has 2 aromatic heterocycles. The maximum atomic E-state index is 12.6. The number of nitrogens with one attached hydrogen (secondary N) is 2. The fourth-order valence-electron chi connectivity index (χ4n) is 2.75. The Morgan fingerprint density at radius 3 is 2.69 bits per heavy atom. The van der Waals surface area contributed by atoms with Gasteiger partial charge in [0.05, 0.1) is 5.39 Å². The zero-order valence-corrected chi connectivity index (χ0v) is 14.2. The summed E-state index contributed by atoms with van der Waals surface area (Å²) in [6, 6.07) is 12.1. The highest BCUT2D eigenvalue weighted by atomic mass is 16.3. The van der Waals surface area contributed by atoms with Crippen LogP contribution in [0.4, 0.5) is 5.69 Å². The zero-order valence-electron chi connectivity index (χ0n) is 14.2. The van der Waals surface area contributed by atoms with Gasteiger partial charge >= 0.3 is 0 Å². The fraction of sp³-hybridized carbons (Fsp3) is 0.158. The molecule has 4 aromatic rings. The van der Waals surface area contributed by atoms with Crippen LogP contribution in [0.5, 0.6) is 0 Å². The van der Waals surface area contributed by atoms with Gasteiger partial charge in [0, 0.05) is 17.0 Å². The van der Waals surface area contributed by atoms with Crippen molar-refractivity contribution >= 4 is 33.5 Å². The Morgan fingerprint density at radius 2 is 1.92 bits per heavy atom. The third-order valence-corrected chi connectivity index (χ3v) is 4.07. The first kappa shape index (κ1) is 16.0. The maximum Gasteiger partial charge on any atom is 0.276 e. The molecule has 2 heterocycles. The lowest BCUT2D eigenvalue weighted by Gasteiger charge is -2.06. The van der Waals surface area contributed by atoms with E-state index in [1.165, 1.54) is 0 Å². The van der Waals surface area contributed by atoms with Gasteiger partial charge in [0.2, 0.25) is 0 Å². The molecule has 7 nitrogen and oxygen atoms in total. The van der Waals surface area contributed by atoms with E-state index in [-0.39, 0.29) is 17.2 Å². The minimum atomic E-state index is -0.413. The third-order valence-electron chi connectivity index (χ3n) is 4.07. The molecule has 130 valence electrons. The predicted octanol–water partition coefficient (Wildman–Crippen LogP) is 3.44. The third kappa shape index (κ3) is 2.73. The molecule has 0 saturated carbocycles. The Hall–Kier alpha value is -3.48. The summed E-state index contributed by atoms with van der Waals surface area (Å²) in [5.74, 6) is 0.415. The standard InChI is InChI=1S/C19H16N4O3/c1-10(2)19-21-14-9-11(7-8-15(14)26-19)20-18(25)16-12-5-3-4-6-13(12)17(24)23-22-16/h3-10H,1-2H3,(H,20,25)(H,23,24). The second kappa shape index (κ2) is 6.11. The Morgan fingerprint density at radius 1 is 1.15 bits per heavy atom. The first-order valence-electron chi connectivity index (χ1n) is 8.22. The van der Waals surface area contributed by atoms with Crippen molar-refractivity contribution in [2.24, 2.45) is 0 Å². The minimum absolute atomic E-state index is 0.156. The SMILES string of the molecule is CC(C)c1nc2cc(NC(=O)c3n[nH]c(=O)c4ccccc34)ccc2o1. The van der Waals surface area contributed by atoms with Gasteiger partial charge in [-0.15, -0.1) is 0 Å². The monoisotopic (exact) mass is 348 g/mol. The molecule has 0 bridgehead atoms. The highest BCUT2D eigenvalue weighted by Crippen LogP contribution is 2.24. The summed E-state index contributed by atoms with van der Waals surface area (Å²) < 4.78 is 5.67. The summed E-state index contributed by atoms with van der Waals surface area (Å²) in [5, 5.41) is 9.98. The lowest BCUT2D eigenvalue weighted by molar-refractivity contribution is 0.102. The summed E-state index contributed by atoms with van der Waals surface area (Å²) >= 11 is 0. The Balaban J connectivity index is 1.69. The average molecular weight is 348 g/mol. The lowest BCUT2D eigenvalue weighted by Crippen LogP contribution is -2.19. The van der Waals surface area contributed by atoms with E-state index >= 15 is 0 Å². The first-order chi connectivity index (χ1) is 12.5. The summed E-state index contributed by atoms with van der Waals surface area (Å²) in [6.45, 7) is 4.00. The number of carbonyl (C=O) groups is 1. The molecular weight excluding hydrogens is 332 g/mol. The van der Waals surface area contributed by atoms with Crippen molar-refractivity contribution in [3.05, 3.63) is 64.4 Å². The number of aromatic nitrogens is 3. The van der Waals surface area contributed by atoms with Crippen LogP contribution in [0.2, 0.25) is 0 Å². The topological polar surface area (TPSA) is 101 Å². The van der Waals surface area contributed by atoms with Crippen molar-refractivity contribution in [1.29, 1.82) is 0 Å². The van der Waals surface area contributed by atoms with Crippen LogP contribution in [0.15, 0.2) is 51.7 Å². The van der Waals surface area contributed by atoms with Gasteiger partial charge in [0.15, 0.2) is 17.2 Å². The van der Waals surface area contributed by atoms with Gasteiger partial charge < -0.3 is 9.73 Å². The number of aromatic amines is 1. The van der Waals surface area contributed by atoms with Crippen LogP contribution < -0.4 is 10.9 Å². The van der Waals surface area contributed by atoms with Crippen LogP contribution in [0.3, 0.4) is 0 Å². The average Bonchev–Trinajstić information content (AvgIpc) is 3.06. The molecular formula is C19H16N4O3. The molecule has 0 aliphatic heterocycles. The Kier molecular flexibility index (Phi) is 3.76.